The number of nitrogens with one attached hydrogen (secondary N) is 1. The zero-order valence-corrected chi connectivity index (χ0v) is 29.6. The molecule has 11 nitrogen and oxygen atoms in total. The third kappa shape index (κ3) is 11.3. The van der Waals surface area contributed by atoms with Gasteiger partial charge in [-0.3, -0.25) is 0 Å². The molecule has 0 amide bonds. The zero-order chi connectivity index (χ0) is 34.1. The average molecular weight is 719 g/mol. The number of ether oxygens (including phenoxy) is 1. The van der Waals surface area contributed by atoms with E-state index in [0.29, 0.717) is 50.8 Å². The molecule has 0 fully saturated rings. The summed E-state index contributed by atoms with van der Waals surface area (Å²) >= 11 is 12.4. The fourth-order valence-electron chi connectivity index (χ4n) is 4.94. The second-order valence-corrected chi connectivity index (χ2v) is 14.6. The van der Waals surface area contributed by atoms with Gasteiger partial charge < -0.3 is 28.1 Å². The Balaban J connectivity index is 0.000000738. The van der Waals surface area contributed by atoms with Crippen molar-refractivity contribution in [2.75, 3.05) is 42.6 Å². The van der Waals surface area contributed by atoms with Crippen molar-refractivity contribution >= 4 is 66.3 Å². The monoisotopic (exact) mass is 717 g/mol. The number of rotatable bonds is 14. The third-order valence-electron chi connectivity index (χ3n) is 7.46. The molecule has 0 bridgehead atoms. The molecule has 254 valence electrons. The zero-order valence-electron chi connectivity index (χ0n) is 26.4. The lowest BCUT2D eigenvalue weighted by atomic mass is 10.1. The maximum Gasteiger partial charge on any atom is 0.374 e. The third-order valence-corrected chi connectivity index (χ3v) is 9.51. The maximum atomic E-state index is 11.1. The van der Waals surface area contributed by atoms with Crippen LogP contribution >= 0.6 is 23.2 Å². The number of aryl methyl sites for hydroxylation is 1. The van der Waals surface area contributed by atoms with Gasteiger partial charge in [0.25, 0.3) is 5.52 Å². The van der Waals surface area contributed by atoms with Crippen molar-refractivity contribution in [2.45, 2.75) is 53.5 Å². The van der Waals surface area contributed by atoms with Gasteiger partial charge in [-0.15, -0.1) is 0 Å². The van der Waals surface area contributed by atoms with Gasteiger partial charge in [-0.2, -0.15) is 4.57 Å². The van der Waals surface area contributed by atoms with Crippen LogP contribution in [0.2, 0.25) is 10.0 Å². The summed E-state index contributed by atoms with van der Waals surface area (Å²) < 4.78 is 80.7. The van der Waals surface area contributed by atoms with Gasteiger partial charge in [-0.25, -0.2) is 16.8 Å². The van der Waals surface area contributed by atoms with E-state index in [9.17, 15) is 25.9 Å². The van der Waals surface area contributed by atoms with Crippen molar-refractivity contribution in [3.05, 3.63) is 69.9 Å². The Kier molecular flexibility index (Phi) is 13.9. The molecule has 1 aliphatic rings. The SMILES string of the molecule is CCC(=Cc1oc2ccc(Cl)cc2[n+]1CCCS(=O)(=O)[O-])C=C1Oc2ccc(Cl)cc2N1CCCS(=O)(=O)[O-].CC[NH+](CC)CC. The highest BCUT2D eigenvalue weighted by Gasteiger charge is 2.27. The molecule has 15 heteroatoms. The first-order valence-electron chi connectivity index (χ1n) is 15.2. The number of fused-ring (bicyclic) bond motifs is 2. The lowest BCUT2D eigenvalue weighted by molar-refractivity contribution is -0.894. The van der Waals surface area contributed by atoms with E-state index in [2.05, 4.69) is 20.8 Å². The van der Waals surface area contributed by atoms with Crippen molar-refractivity contribution in [3.8, 4) is 5.75 Å². The van der Waals surface area contributed by atoms with Crippen LogP contribution in [0.1, 0.15) is 52.8 Å². The van der Waals surface area contributed by atoms with Crippen LogP contribution in [0.5, 0.6) is 5.75 Å². The molecular weight excluding hydrogens is 677 g/mol. The average Bonchev–Trinajstić information content (AvgIpc) is 3.49. The number of oxazole rings is 1. The van der Waals surface area contributed by atoms with E-state index in [1.54, 1.807) is 62.9 Å². The van der Waals surface area contributed by atoms with Crippen molar-refractivity contribution in [1.29, 1.82) is 0 Å². The predicted octanol–water partition coefficient (Wildman–Crippen LogP) is 4.36. The number of quaternary nitrogens is 1. The molecule has 0 radical (unpaired) electrons. The number of hydrogen-bond donors (Lipinski definition) is 1. The van der Waals surface area contributed by atoms with Crippen molar-refractivity contribution in [1.82, 2.24) is 0 Å². The fraction of sp³-hybridized carbons (Fsp3) is 0.452. The molecule has 2 aromatic carbocycles. The smallest absolute Gasteiger partial charge is 0.374 e. The molecule has 0 saturated carbocycles. The highest BCUT2D eigenvalue weighted by Crippen LogP contribution is 2.41. The molecular formula is C31H41Cl2N3O8S2. The van der Waals surface area contributed by atoms with Gasteiger partial charge in [-0.05, 0) is 69.5 Å². The van der Waals surface area contributed by atoms with E-state index in [1.807, 2.05) is 6.92 Å². The lowest BCUT2D eigenvalue weighted by Gasteiger charge is -2.19. The summed E-state index contributed by atoms with van der Waals surface area (Å²) in [5.74, 6) is 0.296. The summed E-state index contributed by atoms with van der Waals surface area (Å²) in [5.41, 5.74) is 2.57. The van der Waals surface area contributed by atoms with Crippen LogP contribution in [0, 0.1) is 0 Å². The Bertz CT molecular complexity index is 1760. The number of aromatic nitrogens is 1. The largest absolute Gasteiger partial charge is 0.748 e. The first kappa shape index (κ1) is 37.8. The number of nitrogens with zero attached hydrogens (tertiary/aromatic N) is 2. The number of hydrogen-bond acceptors (Lipinski definition) is 9. The van der Waals surface area contributed by atoms with E-state index < -0.39 is 31.7 Å². The summed E-state index contributed by atoms with van der Waals surface area (Å²) in [6, 6.07) is 10.1. The van der Waals surface area contributed by atoms with Crippen LogP contribution in [0.15, 0.2) is 58.3 Å². The van der Waals surface area contributed by atoms with Gasteiger partial charge in [0, 0.05) is 46.7 Å². The molecule has 0 atom stereocenters. The maximum absolute atomic E-state index is 11.1. The number of allylic oxidation sites excluding steroid dienone is 2. The minimum absolute atomic E-state index is 0.0800. The summed E-state index contributed by atoms with van der Waals surface area (Å²) in [5, 5.41) is 0.932. The quantitative estimate of drug-likeness (QED) is 0.190. The molecule has 0 spiro atoms. The molecule has 0 saturated heterocycles. The van der Waals surface area contributed by atoms with Gasteiger partial charge in [0.15, 0.2) is 12.3 Å². The van der Waals surface area contributed by atoms with Crippen molar-refractivity contribution in [3.63, 3.8) is 0 Å². The summed E-state index contributed by atoms with van der Waals surface area (Å²) in [6.07, 6.45) is 4.24. The summed E-state index contributed by atoms with van der Waals surface area (Å²) in [4.78, 5) is 3.43. The van der Waals surface area contributed by atoms with Crippen LogP contribution in [-0.2, 0) is 26.8 Å². The molecule has 0 unspecified atom stereocenters. The number of halogens is 2. The van der Waals surface area contributed by atoms with Gasteiger partial charge >= 0.3 is 5.89 Å². The van der Waals surface area contributed by atoms with Crippen LogP contribution in [-0.4, -0.2) is 63.6 Å². The molecule has 3 aromatic rings. The number of anilines is 1. The van der Waals surface area contributed by atoms with Crippen LogP contribution in [0.4, 0.5) is 5.69 Å². The Hall–Kier alpha value is -2.65. The standard InChI is InChI=1S/C25H26Cl2N2O8S2.C6H15N/c1-2-17(13-24-28(9-3-11-38(30,31)32)20-15-18(26)5-7-22(20)36-24)14-25-29(10-4-12-39(33,34)35)21-16-19(27)6-8-23(21)37-25;1-4-7(5-2)6-3/h5-8,13-16H,2-4,9-12H2,1H3,(H-,30,31,32,33,34,35);4-6H2,1-3H3. The molecule has 46 heavy (non-hydrogen) atoms. The van der Waals surface area contributed by atoms with Crippen molar-refractivity contribution in [2.24, 2.45) is 0 Å². The van der Waals surface area contributed by atoms with E-state index in [-0.39, 0.29) is 25.9 Å². The van der Waals surface area contributed by atoms with Gasteiger partial charge in [0.05, 0.1) is 51.6 Å². The second-order valence-electron chi connectivity index (χ2n) is 10.7. The highest BCUT2D eigenvalue weighted by molar-refractivity contribution is 7.85. The number of benzene rings is 2. The van der Waals surface area contributed by atoms with Crippen molar-refractivity contribution < 1.29 is 44.6 Å². The first-order valence-corrected chi connectivity index (χ1v) is 19.1. The Morgan fingerprint density at radius 3 is 2.11 bits per heavy atom. The highest BCUT2D eigenvalue weighted by atomic mass is 35.5. The van der Waals surface area contributed by atoms with Crippen LogP contribution in [0.3, 0.4) is 0 Å². The van der Waals surface area contributed by atoms with Gasteiger partial charge in [0.1, 0.15) is 0 Å². The molecule has 2 heterocycles. The topological polar surface area (TPSA) is 148 Å². The van der Waals surface area contributed by atoms with E-state index in [0.717, 1.165) is 5.57 Å². The summed E-state index contributed by atoms with van der Waals surface area (Å²) in [6.45, 7) is 12.8. The molecule has 1 aliphatic heterocycles. The molecule has 4 rings (SSSR count). The molecule has 1 N–H and O–H groups in total. The predicted molar refractivity (Wildman–Crippen MR) is 178 cm³/mol. The minimum Gasteiger partial charge on any atom is -0.748 e. The minimum atomic E-state index is -4.38. The van der Waals surface area contributed by atoms with Crippen LogP contribution in [0.25, 0.3) is 17.2 Å². The van der Waals surface area contributed by atoms with E-state index >= 15 is 0 Å². The van der Waals surface area contributed by atoms with Gasteiger partial charge in [-0.1, -0.05) is 30.1 Å². The van der Waals surface area contributed by atoms with E-state index in [1.165, 1.54) is 19.6 Å². The Labute approximate surface area is 281 Å². The second kappa shape index (κ2) is 17.0. The normalized spacial score (nSPS) is 14.5. The molecule has 0 aliphatic carbocycles. The Morgan fingerprint density at radius 1 is 0.913 bits per heavy atom. The lowest BCUT2D eigenvalue weighted by Crippen LogP contribution is -3.11. The fourth-order valence-corrected chi connectivity index (χ4v) is 6.23. The van der Waals surface area contributed by atoms with E-state index in [4.69, 9.17) is 32.4 Å². The Morgan fingerprint density at radius 2 is 1.52 bits per heavy atom. The molecule has 1 aromatic heterocycles. The first-order chi connectivity index (χ1) is 21.7. The van der Waals surface area contributed by atoms with Gasteiger partial charge in [0.2, 0.25) is 11.5 Å². The van der Waals surface area contributed by atoms with Crippen LogP contribution < -0.4 is 19.1 Å². The summed E-state index contributed by atoms with van der Waals surface area (Å²) in [7, 11) is -8.76.